The standard InChI is InChI=1S/C7H8N2O4/c1-4(10)13-6-3-5(11)8-7(12)9(6)2/h3H,1-2H3,(H,8,11,12). The van der Waals surface area contributed by atoms with Crippen molar-refractivity contribution in [1.82, 2.24) is 9.55 Å². The van der Waals surface area contributed by atoms with Crippen LogP contribution in [-0.4, -0.2) is 15.5 Å². The number of aromatic amines is 1. The largest absolute Gasteiger partial charge is 0.409 e. The third-order valence-electron chi connectivity index (χ3n) is 1.37. The Morgan fingerprint density at radius 1 is 1.54 bits per heavy atom. The molecule has 1 rings (SSSR count). The number of H-pyrrole nitrogens is 1. The van der Waals surface area contributed by atoms with Crippen molar-refractivity contribution in [3.05, 3.63) is 26.9 Å². The summed E-state index contributed by atoms with van der Waals surface area (Å²) < 4.78 is 5.64. The van der Waals surface area contributed by atoms with Crippen molar-refractivity contribution in [2.45, 2.75) is 6.92 Å². The van der Waals surface area contributed by atoms with Gasteiger partial charge in [-0.2, -0.15) is 0 Å². The number of hydrogen-bond donors (Lipinski definition) is 1. The lowest BCUT2D eigenvalue weighted by atomic mass is 10.6. The zero-order chi connectivity index (χ0) is 10.0. The summed E-state index contributed by atoms with van der Waals surface area (Å²) >= 11 is 0. The summed E-state index contributed by atoms with van der Waals surface area (Å²) in [5.74, 6) is -0.651. The molecule has 0 aromatic carbocycles. The zero-order valence-electron chi connectivity index (χ0n) is 7.16. The molecule has 1 heterocycles. The van der Waals surface area contributed by atoms with Crippen molar-refractivity contribution < 1.29 is 9.53 Å². The maximum atomic E-state index is 11.0. The topological polar surface area (TPSA) is 81.2 Å². The third-order valence-corrected chi connectivity index (χ3v) is 1.37. The lowest BCUT2D eigenvalue weighted by molar-refractivity contribution is -0.132. The van der Waals surface area contributed by atoms with Crippen molar-refractivity contribution in [3.63, 3.8) is 0 Å². The van der Waals surface area contributed by atoms with Crippen LogP contribution in [0.4, 0.5) is 0 Å². The summed E-state index contributed by atoms with van der Waals surface area (Å²) in [7, 11) is 1.39. The molecule has 6 heteroatoms. The summed E-state index contributed by atoms with van der Waals surface area (Å²) in [6, 6.07) is 1.03. The predicted molar refractivity (Wildman–Crippen MR) is 43.6 cm³/mol. The van der Waals surface area contributed by atoms with Gasteiger partial charge in [-0.05, 0) is 0 Å². The van der Waals surface area contributed by atoms with Crippen molar-refractivity contribution >= 4 is 5.97 Å². The number of esters is 1. The lowest BCUT2D eigenvalue weighted by Gasteiger charge is -2.04. The highest BCUT2D eigenvalue weighted by molar-refractivity contribution is 5.68. The number of rotatable bonds is 1. The Morgan fingerprint density at radius 2 is 2.15 bits per heavy atom. The van der Waals surface area contributed by atoms with Gasteiger partial charge < -0.3 is 4.74 Å². The highest BCUT2D eigenvalue weighted by Gasteiger charge is 2.04. The molecule has 1 N–H and O–H groups in total. The van der Waals surface area contributed by atoms with Gasteiger partial charge in [-0.25, -0.2) is 4.79 Å². The number of nitrogens with one attached hydrogen (secondary N) is 1. The number of carbonyl (C=O) groups is 1. The summed E-state index contributed by atoms with van der Waals surface area (Å²) in [5, 5.41) is 0. The van der Waals surface area contributed by atoms with Crippen LogP contribution in [0.2, 0.25) is 0 Å². The molecular weight excluding hydrogens is 176 g/mol. The molecule has 0 aliphatic rings. The monoisotopic (exact) mass is 184 g/mol. The minimum absolute atomic E-state index is 0.0683. The van der Waals surface area contributed by atoms with E-state index in [1.165, 1.54) is 14.0 Å². The van der Waals surface area contributed by atoms with E-state index in [1.54, 1.807) is 0 Å². The fraction of sp³-hybridized carbons (Fsp3) is 0.286. The second-order valence-corrected chi connectivity index (χ2v) is 2.43. The first-order valence-electron chi connectivity index (χ1n) is 3.49. The summed E-state index contributed by atoms with van der Waals surface area (Å²) in [6.45, 7) is 1.19. The van der Waals surface area contributed by atoms with Crippen molar-refractivity contribution in [2.75, 3.05) is 0 Å². The summed E-state index contributed by atoms with van der Waals surface area (Å²) in [4.78, 5) is 34.3. The van der Waals surface area contributed by atoms with E-state index >= 15 is 0 Å². The Labute approximate surface area is 72.8 Å². The number of nitrogens with zero attached hydrogens (tertiary/aromatic N) is 1. The highest BCUT2D eigenvalue weighted by atomic mass is 16.5. The Kier molecular flexibility index (Phi) is 2.32. The zero-order valence-corrected chi connectivity index (χ0v) is 7.16. The highest BCUT2D eigenvalue weighted by Crippen LogP contribution is 2.00. The van der Waals surface area contributed by atoms with E-state index in [2.05, 4.69) is 4.74 Å². The number of ether oxygens (including phenoxy) is 1. The van der Waals surface area contributed by atoms with E-state index in [9.17, 15) is 14.4 Å². The molecule has 1 aromatic rings. The molecular formula is C7H8N2O4. The molecule has 6 nitrogen and oxygen atoms in total. The molecule has 0 saturated heterocycles. The SMILES string of the molecule is CC(=O)Oc1cc(=O)[nH]c(=O)n1C. The molecule has 0 atom stereocenters. The van der Waals surface area contributed by atoms with Crippen LogP contribution in [0.5, 0.6) is 5.88 Å². The Bertz CT molecular complexity index is 443. The Balaban J connectivity index is 3.28. The molecule has 70 valence electrons. The van der Waals surface area contributed by atoms with Gasteiger partial charge in [-0.15, -0.1) is 0 Å². The van der Waals surface area contributed by atoms with E-state index in [1.807, 2.05) is 4.98 Å². The normalized spacial score (nSPS) is 9.69. The summed E-state index contributed by atoms with van der Waals surface area (Å²) in [6.07, 6.45) is 0. The van der Waals surface area contributed by atoms with E-state index < -0.39 is 17.2 Å². The Hall–Kier alpha value is -1.85. The van der Waals surface area contributed by atoms with Crippen LogP contribution < -0.4 is 16.0 Å². The fourth-order valence-corrected chi connectivity index (χ4v) is 0.780. The molecule has 0 unspecified atom stereocenters. The molecule has 0 saturated carbocycles. The van der Waals surface area contributed by atoms with Gasteiger partial charge >= 0.3 is 11.7 Å². The fourth-order valence-electron chi connectivity index (χ4n) is 0.780. The minimum atomic E-state index is -0.622. The third kappa shape index (κ3) is 2.05. The van der Waals surface area contributed by atoms with Crippen molar-refractivity contribution in [2.24, 2.45) is 7.05 Å². The van der Waals surface area contributed by atoms with Gasteiger partial charge in [-0.3, -0.25) is 19.1 Å². The van der Waals surface area contributed by atoms with Crippen LogP contribution in [0.1, 0.15) is 6.92 Å². The molecule has 0 fully saturated rings. The molecule has 1 aromatic heterocycles. The van der Waals surface area contributed by atoms with Gasteiger partial charge in [0.05, 0.1) is 6.07 Å². The van der Waals surface area contributed by atoms with Crippen LogP contribution in [0.3, 0.4) is 0 Å². The average Bonchev–Trinajstić information content (AvgIpc) is 1.98. The van der Waals surface area contributed by atoms with Gasteiger partial charge in [-0.1, -0.05) is 0 Å². The predicted octanol–water partition coefficient (Wildman–Crippen LogP) is -1.00. The first-order valence-corrected chi connectivity index (χ1v) is 3.49. The number of carbonyl (C=O) groups excluding carboxylic acids is 1. The molecule has 0 radical (unpaired) electrons. The van der Waals surface area contributed by atoms with Crippen LogP contribution >= 0.6 is 0 Å². The second-order valence-electron chi connectivity index (χ2n) is 2.43. The van der Waals surface area contributed by atoms with Crippen LogP contribution in [0, 0.1) is 0 Å². The Morgan fingerprint density at radius 3 is 2.69 bits per heavy atom. The first-order chi connectivity index (χ1) is 6.00. The van der Waals surface area contributed by atoms with Crippen LogP contribution in [0.25, 0.3) is 0 Å². The van der Waals surface area contributed by atoms with Crippen molar-refractivity contribution in [3.8, 4) is 5.88 Å². The molecule has 0 amide bonds. The van der Waals surface area contributed by atoms with Crippen LogP contribution in [-0.2, 0) is 11.8 Å². The van der Waals surface area contributed by atoms with Gasteiger partial charge in [0.15, 0.2) is 0 Å². The smallest absolute Gasteiger partial charge is 0.330 e. The van der Waals surface area contributed by atoms with Gasteiger partial charge in [0, 0.05) is 14.0 Å². The van der Waals surface area contributed by atoms with Gasteiger partial charge in [0.1, 0.15) is 0 Å². The molecule has 13 heavy (non-hydrogen) atoms. The van der Waals surface area contributed by atoms with E-state index in [4.69, 9.17) is 0 Å². The first kappa shape index (κ1) is 9.24. The van der Waals surface area contributed by atoms with Gasteiger partial charge in [0.2, 0.25) is 5.88 Å². The molecule has 0 aliphatic carbocycles. The summed E-state index contributed by atoms with van der Waals surface area (Å²) in [5.41, 5.74) is -1.22. The van der Waals surface area contributed by atoms with Crippen molar-refractivity contribution in [1.29, 1.82) is 0 Å². The second kappa shape index (κ2) is 3.26. The molecule has 0 bridgehead atoms. The number of aromatic nitrogens is 2. The van der Waals surface area contributed by atoms with E-state index in [0.29, 0.717) is 0 Å². The maximum Gasteiger partial charge on any atom is 0.330 e. The van der Waals surface area contributed by atoms with E-state index in [-0.39, 0.29) is 5.88 Å². The van der Waals surface area contributed by atoms with Gasteiger partial charge in [0.25, 0.3) is 5.56 Å². The molecule has 0 aliphatic heterocycles. The van der Waals surface area contributed by atoms with Crippen LogP contribution in [0.15, 0.2) is 15.7 Å². The average molecular weight is 184 g/mol. The maximum absolute atomic E-state index is 11.0. The minimum Gasteiger partial charge on any atom is -0.409 e. The lowest BCUT2D eigenvalue weighted by Crippen LogP contribution is -2.29. The number of hydrogen-bond acceptors (Lipinski definition) is 4. The molecule has 0 spiro atoms. The van der Waals surface area contributed by atoms with E-state index in [0.717, 1.165) is 10.6 Å². The quantitative estimate of drug-likeness (QED) is 0.567.